The number of halogens is 4. The molecule has 0 fully saturated rings. The molecular weight excluding hydrogens is 325 g/mol. The Labute approximate surface area is 117 Å². The first kappa shape index (κ1) is 16.0. The smallest absolute Gasteiger partial charge is 0.325 e. The summed E-state index contributed by atoms with van der Waals surface area (Å²) in [5, 5.41) is 5.42. The van der Waals surface area contributed by atoms with Gasteiger partial charge in [0.05, 0.1) is 11.3 Å². The molecule has 0 heterocycles. The Morgan fingerprint density at radius 2 is 2.05 bits per heavy atom. The number of nitrogens with one attached hydrogen (secondary N) is 2. The number of carbonyl (C=O) groups is 1. The van der Waals surface area contributed by atoms with E-state index in [0.717, 1.165) is 18.7 Å². The zero-order valence-electron chi connectivity index (χ0n) is 10.3. The minimum absolute atomic E-state index is 0.122. The molecule has 1 amide bonds. The van der Waals surface area contributed by atoms with Crippen LogP contribution in [0.25, 0.3) is 0 Å². The van der Waals surface area contributed by atoms with Crippen molar-refractivity contribution >= 4 is 27.5 Å². The highest BCUT2D eigenvalue weighted by Crippen LogP contribution is 2.33. The predicted molar refractivity (Wildman–Crippen MR) is 70.9 cm³/mol. The van der Waals surface area contributed by atoms with Crippen molar-refractivity contribution in [2.24, 2.45) is 0 Å². The van der Waals surface area contributed by atoms with Crippen molar-refractivity contribution in [1.82, 2.24) is 5.32 Å². The van der Waals surface area contributed by atoms with Gasteiger partial charge in [-0.3, -0.25) is 4.79 Å². The normalized spacial score (nSPS) is 11.4. The highest BCUT2D eigenvalue weighted by molar-refractivity contribution is 9.10. The lowest BCUT2D eigenvalue weighted by Gasteiger charge is -2.11. The van der Waals surface area contributed by atoms with Crippen LogP contribution in [-0.2, 0) is 11.0 Å². The summed E-state index contributed by atoms with van der Waals surface area (Å²) in [6.07, 6.45) is -4.22. The van der Waals surface area contributed by atoms with Crippen molar-refractivity contribution in [3.05, 3.63) is 28.2 Å². The highest BCUT2D eigenvalue weighted by atomic mass is 79.9. The van der Waals surface area contributed by atoms with Crippen molar-refractivity contribution in [1.29, 1.82) is 0 Å². The fourth-order valence-electron chi connectivity index (χ4n) is 1.39. The van der Waals surface area contributed by atoms with Crippen LogP contribution >= 0.6 is 15.9 Å². The van der Waals surface area contributed by atoms with E-state index in [-0.39, 0.29) is 18.0 Å². The van der Waals surface area contributed by atoms with Crippen LogP contribution in [0, 0.1) is 0 Å². The van der Waals surface area contributed by atoms with Crippen molar-refractivity contribution in [3.63, 3.8) is 0 Å². The maximum Gasteiger partial charge on any atom is 0.416 e. The third-order valence-electron chi connectivity index (χ3n) is 2.35. The fourth-order valence-corrected chi connectivity index (χ4v) is 1.73. The van der Waals surface area contributed by atoms with Crippen LogP contribution in [0.2, 0.25) is 0 Å². The predicted octanol–water partition coefficient (Wildman–Crippen LogP) is 3.41. The Morgan fingerprint density at radius 1 is 1.37 bits per heavy atom. The van der Waals surface area contributed by atoms with Gasteiger partial charge in [-0.25, -0.2) is 0 Å². The van der Waals surface area contributed by atoms with E-state index in [1.165, 1.54) is 6.07 Å². The zero-order chi connectivity index (χ0) is 14.5. The van der Waals surface area contributed by atoms with Crippen LogP contribution in [0.4, 0.5) is 18.9 Å². The van der Waals surface area contributed by atoms with E-state index < -0.39 is 11.7 Å². The molecule has 0 aliphatic rings. The SMILES string of the molecule is CCNCCC(=O)Nc1cc(C(F)(F)F)ccc1Br. The summed E-state index contributed by atoms with van der Waals surface area (Å²) in [4.78, 5) is 11.5. The van der Waals surface area contributed by atoms with Gasteiger partial charge in [0.1, 0.15) is 0 Å². The molecule has 106 valence electrons. The van der Waals surface area contributed by atoms with E-state index in [0.29, 0.717) is 11.0 Å². The van der Waals surface area contributed by atoms with E-state index in [1.54, 1.807) is 0 Å². The lowest BCUT2D eigenvalue weighted by atomic mass is 10.2. The third-order valence-corrected chi connectivity index (χ3v) is 3.04. The molecule has 0 spiro atoms. The second kappa shape index (κ2) is 6.91. The van der Waals surface area contributed by atoms with Gasteiger partial charge in [-0.15, -0.1) is 0 Å². The average molecular weight is 339 g/mol. The lowest BCUT2D eigenvalue weighted by Crippen LogP contribution is -2.21. The Bertz CT molecular complexity index is 449. The standard InChI is InChI=1S/C12H14BrF3N2O/c1-2-17-6-5-11(19)18-10-7-8(12(14,15)16)3-4-9(10)13/h3-4,7,17H,2,5-6H2,1H3,(H,18,19). The molecule has 0 unspecified atom stereocenters. The molecule has 19 heavy (non-hydrogen) atoms. The van der Waals surface area contributed by atoms with Gasteiger partial charge >= 0.3 is 6.18 Å². The molecule has 0 radical (unpaired) electrons. The molecule has 1 aromatic rings. The summed E-state index contributed by atoms with van der Waals surface area (Å²) < 4.78 is 38.1. The van der Waals surface area contributed by atoms with Gasteiger partial charge in [-0.2, -0.15) is 13.2 Å². The monoisotopic (exact) mass is 338 g/mol. The molecule has 7 heteroatoms. The molecule has 0 aliphatic carbocycles. The van der Waals surface area contributed by atoms with Gasteiger partial charge in [0.25, 0.3) is 0 Å². The number of amides is 1. The minimum atomic E-state index is -4.43. The van der Waals surface area contributed by atoms with Gasteiger partial charge in [-0.05, 0) is 40.7 Å². The van der Waals surface area contributed by atoms with Gasteiger partial charge < -0.3 is 10.6 Å². The molecule has 0 saturated heterocycles. The molecular formula is C12H14BrF3N2O. The molecule has 1 aromatic carbocycles. The summed E-state index contributed by atoms with van der Waals surface area (Å²) in [5.74, 6) is -0.332. The topological polar surface area (TPSA) is 41.1 Å². The Balaban J connectivity index is 2.74. The minimum Gasteiger partial charge on any atom is -0.325 e. The average Bonchev–Trinajstić information content (AvgIpc) is 2.31. The first-order valence-corrected chi connectivity index (χ1v) is 6.51. The first-order valence-electron chi connectivity index (χ1n) is 5.72. The van der Waals surface area contributed by atoms with Crippen LogP contribution in [0.3, 0.4) is 0 Å². The number of hydrogen-bond acceptors (Lipinski definition) is 2. The maximum absolute atomic E-state index is 12.5. The summed E-state index contributed by atoms with van der Waals surface area (Å²) in [7, 11) is 0. The quantitative estimate of drug-likeness (QED) is 0.808. The van der Waals surface area contributed by atoms with E-state index in [1.807, 2.05) is 6.92 Å². The van der Waals surface area contributed by atoms with Crippen molar-refractivity contribution < 1.29 is 18.0 Å². The molecule has 3 nitrogen and oxygen atoms in total. The van der Waals surface area contributed by atoms with Crippen molar-refractivity contribution in [2.75, 3.05) is 18.4 Å². The molecule has 0 atom stereocenters. The number of alkyl halides is 3. The van der Waals surface area contributed by atoms with E-state index >= 15 is 0 Å². The summed E-state index contributed by atoms with van der Waals surface area (Å²) in [6, 6.07) is 3.14. The third kappa shape index (κ3) is 5.20. The largest absolute Gasteiger partial charge is 0.416 e. The van der Waals surface area contributed by atoms with Gasteiger partial charge in [0, 0.05) is 17.4 Å². The van der Waals surface area contributed by atoms with E-state index in [9.17, 15) is 18.0 Å². The molecule has 0 aliphatic heterocycles. The number of benzene rings is 1. The Hall–Kier alpha value is -1.08. The Morgan fingerprint density at radius 3 is 2.63 bits per heavy atom. The van der Waals surface area contributed by atoms with Gasteiger partial charge in [-0.1, -0.05) is 6.92 Å². The van der Waals surface area contributed by atoms with Gasteiger partial charge in [0.2, 0.25) is 5.91 Å². The molecule has 0 saturated carbocycles. The number of carbonyl (C=O) groups excluding carboxylic acids is 1. The summed E-state index contributed by atoms with van der Waals surface area (Å²) in [5.41, 5.74) is -0.672. The highest BCUT2D eigenvalue weighted by Gasteiger charge is 2.31. The second-order valence-electron chi connectivity index (χ2n) is 3.84. The van der Waals surface area contributed by atoms with Gasteiger partial charge in [0.15, 0.2) is 0 Å². The first-order chi connectivity index (χ1) is 8.84. The van der Waals surface area contributed by atoms with Crippen LogP contribution in [0.5, 0.6) is 0 Å². The maximum atomic E-state index is 12.5. The second-order valence-corrected chi connectivity index (χ2v) is 4.70. The Kier molecular flexibility index (Phi) is 5.81. The van der Waals surface area contributed by atoms with Crippen molar-refractivity contribution in [2.45, 2.75) is 19.5 Å². The van der Waals surface area contributed by atoms with Crippen LogP contribution in [0.15, 0.2) is 22.7 Å². The van der Waals surface area contributed by atoms with E-state index in [2.05, 4.69) is 26.6 Å². The molecule has 1 rings (SSSR count). The van der Waals surface area contributed by atoms with Crippen LogP contribution in [-0.4, -0.2) is 19.0 Å². The number of anilines is 1. The lowest BCUT2D eigenvalue weighted by molar-refractivity contribution is -0.137. The number of hydrogen-bond donors (Lipinski definition) is 2. The summed E-state index contributed by atoms with van der Waals surface area (Å²) in [6.45, 7) is 3.13. The van der Waals surface area contributed by atoms with Crippen LogP contribution in [0.1, 0.15) is 18.9 Å². The molecule has 0 bridgehead atoms. The fraction of sp³-hybridized carbons (Fsp3) is 0.417. The molecule has 0 aromatic heterocycles. The van der Waals surface area contributed by atoms with Crippen LogP contribution < -0.4 is 10.6 Å². The zero-order valence-corrected chi connectivity index (χ0v) is 11.9. The van der Waals surface area contributed by atoms with E-state index in [4.69, 9.17) is 0 Å². The molecule has 2 N–H and O–H groups in total. The summed E-state index contributed by atoms with van der Waals surface area (Å²) >= 11 is 3.11. The van der Waals surface area contributed by atoms with Crippen molar-refractivity contribution in [3.8, 4) is 0 Å². The number of rotatable bonds is 5.